The first-order chi connectivity index (χ1) is 12.3. The third-order valence-electron chi connectivity index (χ3n) is 5.31. The van der Waals surface area contributed by atoms with Gasteiger partial charge in [0.05, 0.1) is 32.1 Å². The molecule has 7 heteroatoms. The van der Waals surface area contributed by atoms with Gasteiger partial charge < -0.3 is 29.3 Å². The van der Waals surface area contributed by atoms with E-state index in [1.165, 1.54) is 19.3 Å². The molecule has 4 rings (SSSR count). The van der Waals surface area contributed by atoms with Gasteiger partial charge in [-0.05, 0) is 25.0 Å². The van der Waals surface area contributed by atoms with Crippen molar-refractivity contribution < 1.29 is 23.4 Å². The summed E-state index contributed by atoms with van der Waals surface area (Å²) in [5, 5.41) is 6.38. The summed E-state index contributed by atoms with van der Waals surface area (Å²) in [4.78, 5) is 12.1. The predicted molar refractivity (Wildman–Crippen MR) is 89.1 cm³/mol. The Bertz CT molecular complexity index is 558. The van der Waals surface area contributed by atoms with Gasteiger partial charge in [0.1, 0.15) is 18.0 Å². The first-order valence-electron chi connectivity index (χ1n) is 9.26. The minimum atomic E-state index is -0.350. The largest absolute Gasteiger partial charge is 0.468 e. The number of fused-ring (bicyclic) bond motifs is 1. The first kappa shape index (κ1) is 16.9. The van der Waals surface area contributed by atoms with Crippen molar-refractivity contribution in [2.45, 2.75) is 69.0 Å². The van der Waals surface area contributed by atoms with Gasteiger partial charge in [-0.2, -0.15) is 0 Å². The topological polar surface area (TPSA) is 82.0 Å². The molecule has 0 aromatic carbocycles. The lowest BCUT2D eigenvalue weighted by molar-refractivity contribution is 0.00250. The highest BCUT2D eigenvalue weighted by Gasteiger charge is 2.49. The molecule has 2 aliphatic heterocycles. The highest BCUT2D eigenvalue weighted by Crippen LogP contribution is 2.29. The molecule has 0 bridgehead atoms. The Kier molecular flexibility index (Phi) is 5.24. The SMILES string of the molecule is O=C(NC1CCCCC1)O[C@@H]1CO[C@H]2[C@@H]1OC[C@@H]2NCc1ccco1. The number of carbonyl (C=O) groups excluding carboxylic acids is 1. The summed E-state index contributed by atoms with van der Waals surface area (Å²) in [6, 6.07) is 4.11. The van der Waals surface area contributed by atoms with E-state index < -0.39 is 0 Å². The van der Waals surface area contributed by atoms with Crippen molar-refractivity contribution in [1.82, 2.24) is 10.6 Å². The van der Waals surface area contributed by atoms with Crippen molar-refractivity contribution in [3.8, 4) is 0 Å². The van der Waals surface area contributed by atoms with Crippen LogP contribution in [-0.2, 0) is 20.8 Å². The van der Waals surface area contributed by atoms with Gasteiger partial charge in [-0.15, -0.1) is 0 Å². The highest BCUT2D eigenvalue weighted by atomic mass is 16.6. The monoisotopic (exact) mass is 350 g/mol. The molecule has 1 aromatic heterocycles. The lowest BCUT2D eigenvalue weighted by atomic mass is 9.96. The van der Waals surface area contributed by atoms with Crippen LogP contribution < -0.4 is 10.6 Å². The molecular weight excluding hydrogens is 324 g/mol. The van der Waals surface area contributed by atoms with Gasteiger partial charge in [0, 0.05) is 6.04 Å². The summed E-state index contributed by atoms with van der Waals surface area (Å²) in [5.74, 6) is 0.876. The zero-order chi connectivity index (χ0) is 17.1. The van der Waals surface area contributed by atoms with Crippen LogP contribution in [0, 0.1) is 0 Å². The number of hydrogen-bond acceptors (Lipinski definition) is 6. The molecule has 4 atom stereocenters. The fraction of sp³-hybridized carbons (Fsp3) is 0.722. The van der Waals surface area contributed by atoms with Crippen molar-refractivity contribution in [1.29, 1.82) is 0 Å². The molecule has 1 saturated carbocycles. The van der Waals surface area contributed by atoms with Gasteiger partial charge in [-0.25, -0.2) is 4.79 Å². The van der Waals surface area contributed by atoms with Crippen LogP contribution in [-0.4, -0.2) is 49.7 Å². The normalized spacial score (nSPS) is 32.5. The molecule has 1 aliphatic carbocycles. The van der Waals surface area contributed by atoms with Crippen LogP contribution >= 0.6 is 0 Å². The number of amides is 1. The molecule has 25 heavy (non-hydrogen) atoms. The standard InChI is InChI=1S/C18H26N2O5/c21-18(20-12-5-2-1-3-6-12)25-15-11-24-16-14(10-23-17(15)16)19-9-13-7-4-8-22-13/h4,7-8,12,14-17,19H,1-3,5-6,9-11H2,(H,20,21)/t14-,15+,16+,17+/m0/s1. The Morgan fingerprint density at radius 2 is 2.00 bits per heavy atom. The maximum atomic E-state index is 12.1. The van der Waals surface area contributed by atoms with Gasteiger partial charge in [0.15, 0.2) is 6.10 Å². The average Bonchev–Trinajstić information content (AvgIpc) is 3.33. The summed E-state index contributed by atoms with van der Waals surface area (Å²) < 4.78 is 22.6. The van der Waals surface area contributed by atoms with E-state index in [2.05, 4.69) is 10.6 Å². The minimum Gasteiger partial charge on any atom is -0.468 e. The van der Waals surface area contributed by atoms with E-state index in [1.807, 2.05) is 12.1 Å². The minimum absolute atomic E-state index is 0.0742. The zero-order valence-corrected chi connectivity index (χ0v) is 14.3. The molecule has 3 heterocycles. The lowest BCUT2D eigenvalue weighted by Crippen LogP contribution is -2.43. The van der Waals surface area contributed by atoms with E-state index in [0.29, 0.717) is 19.8 Å². The van der Waals surface area contributed by atoms with Gasteiger partial charge in [0.2, 0.25) is 0 Å². The fourth-order valence-electron chi connectivity index (χ4n) is 3.97. The Morgan fingerprint density at radius 1 is 1.16 bits per heavy atom. The Morgan fingerprint density at radius 3 is 2.80 bits per heavy atom. The molecule has 0 spiro atoms. The summed E-state index contributed by atoms with van der Waals surface area (Å²) in [6.07, 6.45) is 6.35. The number of furan rings is 1. The van der Waals surface area contributed by atoms with Crippen LogP contribution in [0.2, 0.25) is 0 Å². The summed E-state index contributed by atoms with van der Waals surface area (Å²) >= 11 is 0. The first-order valence-corrected chi connectivity index (χ1v) is 9.26. The molecule has 2 N–H and O–H groups in total. The van der Waals surface area contributed by atoms with Gasteiger partial charge in [-0.1, -0.05) is 19.3 Å². The molecule has 0 radical (unpaired) electrons. The molecule has 1 aromatic rings. The van der Waals surface area contributed by atoms with E-state index in [0.717, 1.165) is 18.6 Å². The number of alkyl carbamates (subject to hydrolysis) is 1. The smallest absolute Gasteiger partial charge is 0.407 e. The van der Waals surface area contributed by atoms with Crippen LogP contribution in [0.25, 0.3) is 0 Å². The Labute approximate surface area is 147 Å². The van der Waals surface area contributed by atoms with Crippen molar-refractivity contribution >= 4 is 6.09 Å². The van der Waals surface area contributed by atoms with Gasteiger partial charge in [0.25, 0.3) is 0 Å². The second-order valence-electron chi connectivity index (χ2n) is 7.09. The van der Waals surface area contributed by atoms with E-state index >= 15 is 0 Å². The van der Waals surface area contributed by atoms with Crippen molar-refractivity contribution in [2.75, 3.05) is 13.2 Å². The van der Waals surface area contributed by atoms with E-state index in [-0.39, 0.29) is 36.5 Å². The van der Waals surface area contributed by atoms with E-state index in [4.69, 9.17) is 18.6 Å². The predicted octanol–water partition coefficient (Wildman–Crippen LogP) is 1.96. The number of ether oxygens (including phenoxy) is 3. The summed E-state index contributed by atoms with van der Waals surface area (Å²) in [7, 11) is 0. The highest BCUT2D eigenvalue weighted by molar-refractivity contribution is 5.68. The molecule has 7 nitrogen and oxygen atoms in total. The summed E-state index contributed by atoms with van der Waals surface area (Å²) in [6.45, 7) is 1.55. The Balaban J connectivity index is 1.24. The van der Waals surface area contributed by atoms with Crippen LogP contribution in [0.3, 0.4) is 0 Å². The summed E-state index contributed by atoms with van der Waals surface area (Å²) in [5.41, 5.74) is 0. The number of hydrogen-bond donors (Lipinski definition) is 2. The molecular formula is C18H26N2O5. The second-order valence-corrected chi connectivity index (χ2v) is 7.09. The fourth-order valence-corrected chi connectivity index (χ4v) is 3.97. The van der Waals surface area contributed by atoms with Crippen molar-refractivity contribution in [3.05, 3.63) is 24.2 Å². The van der Waals surface area contributed by atoms with Gasteiger partial charge in [-0.3, -0.25) is 0 Å². The maximum absolute atomic E-state index is 12.1. The molecule has 3 aliphatic rings. The Hall–Kier alpha value is -1.57. The lowest BCUT2D eigenvalue weighted by Gasteiger charge is -2.24. The molecule has 0 unspecified atom stereocenters. The van der Waals surface area contributed by atoms with Crippen LogP contribution in [0.1, 0.15) is 37.9 Å². The molecule has 1 amide bonds. The van der Waals surface area contributed by atoms with Crippen molar-refractivity contribution in [2.24, 2.45) is 0 Å². The van der Waals surface area contributed by atoms with E-state index in [9.17, 15) is 4.79 Å². The third kappa shape index (κ3) is 3.99. The molecule has 3 fully saturated rings. The maximum Gasteiger partial charge on any atom is 0.407 e. The number of nitrogens with one attached hydrogen (secondary N) is 2. The number of rotatable bonds is 5. The van der Waals surface area contributed by atoms with Crippen molar-refractivity contribution in [3.63, 3.8) is 0 Å². The zero-order valence-electron chi connectivity index (χ0n) is 14.3. The van der Waals surface area contributed by atoms with E-state index in [1.54, 1.807) is 6.26 Å². The quantitative estimate of drug-likeness (QED) is 0.845. The molecule has 2 saturated heterocycles. The van der Waals surface area contributed by atoms with Crippen LogP contribution in [0.15, 0.2) is 22.8 Å². The number of carbonyl (C=O) groups is 1. The third-order valence-corrected chi connectivity index (χ3v) is 5.31. The second kappa shape index (κ2) is 7.76. The van der Waals surface area contributed by atoms with Crippen LogP contribution in [0.5, 0.6) is 0 Å². The van der Waals surface area contributed by atoms with Gasteiger partial charge >= 0.3 is 6.09 Å². The average molecular weight is 350 g/mol. The molecule has 138 valence electrons. The van der Waals surface area contributed by atoms with Crippen LogP contribution in [0.4, 0.5) is 4.79 Å².